The van der Waals surface area contributed by atoms with Gasteiger partial charge < -0.3 is 15.2 Å². The molecule has 0 bridgehead atoms. The molecule has 0 radical (unpaired) electrons. The molecule has 0 aromatic heterocycles. The maximum atomic E-state index is 11.6. The number of hydrogen-bond acceptors (Lipinski definition) is 3. The van der Waals surface area contributed by atoms with E-state index < -0.39 is 12.6 Å². The van der Waals surface area contributed by atoms with E-state index in [1.54, 1.807) is 0 Å². The molecule has 1 aliphatic rings. The predicted octanol–water partition coefficient (Wildman–Crippen LogP) is 1.17. The third kappa shape index (κ3) is 4.73. The van der Waals surface area contributed by atoms with Gasteiger partial charge in [-0.05, 0) is 18.3 Å². The van der Waals surface area contributed by atoms with Crippen LogP contribution in [0.2, 0.25) is 0 Å². The second-order valence-corrected chi connectivity index (χ2v) is 5.24. The van der Waals surface area contributed by atoms with Crippen LogP contribution in [0, 0.1) is 5.41 Å². The van der Waals surface area contributed by atoms with Gasteiger partial charge in [0.05, 0.1) is 0 Å². The SMILES string of the molecule is CC1(C)CCCCC1NC(=O)COCC(=O)O. The van der Waals surface area contributed by atoms with Crippen LogP contribution < -0.4 is 5.32 Å². The van der Waals surface area contributed by atoms with Gasteiger partial charge >= 0.3 is 5.97 Å². The van der Waals surface area contributed by atoms with Gasteiger partial charge in [0.2, 0.25) is 5.91 Å². The lowest BCUT2D eigenvalue weighted by Gasteiger charge is -2.39. The van der Waals surface area contributed by atoms with E-state index in [4.69, 9.17) is 9.84 Å². The average molecular weight is 243 g/mol. The van der Waals surface area contributed by atoms with Crippen molar-refractivity contribution >= 4 is 11.9 Å². The van der Waals surface area contributed by atoms with E-state index >= 15 is 0 Å². The zero-order valence-corrected chi connectivity index (χ0v) is 10.5. The van der Waals surface area contributed by atoms with Gasteiger partial charge in [-0.1, -0.05) is 26.7 Å². The highest BCUT2D eigenvalue weighted by Gasteiger charge is 2.32. The molecule has 0 spiro atoms. The number of nitrogens with one attached hydrogen (secondary N) is 1. The van der Waals surface area contributed by atoms with Gasteiger partial charge in [0.1, 0.15) is 13.2 Å². The minimum Gasteiger partial charge on any atom is -0.480 e. The Morgan fingerprint density at radius 2 is 2.06 bits per heavy atom. The maximum absolute atomic E-state index is 11.6. The molecule has 1 amide bonds. The van der Waals surface area contributed by atoms with Crippen LogP contribution in [0.25, 0.3) is 0 Å². The molecular weight excluding hydrogens is 222 g/mol. The van der Waals surface area contributed by atoms with Gasteiger partial charge in [0.25, 0.3) is 0 Å². The third-order valence-corrected chi connectivity index (χ3v) is 3.30. The lowest BCUT2D eigenvalue weighted by molar-refractivity contribution is -0.143. The van der Waals surface area contributed by atoms with Crippen molar-refractivity contribution in [3.05, 3.63) is 0 Å². The van der Waals surface area contributed by atoms with Crippen LogP contribution in [0.5, 0.6) is 0 Å². The van der Waals surface area contributed by atoms with Crippen molar-refractivity contribution in [3.8, 4) is 0 Å². The predicted molar refractivity (Wildman–Crippen MR) is 62.6 cm³/mol. The smallest absolute Gasteiger partial charge is 0.329 e. The molecule has 5 heteroatoms. The summed E-state index contributed by atoms with van der Waals surface area (Å²) in [7, 11) is 0. The summed E-state index contributed by atoms with van der Waals surface area (Å²) in [6, 6.07) is 0.164. The number of rotatable bonds is 5. The third-order valence-electron chi connectivity index (χ3n) is 3.30. The van der Waals surface area contributed by atoms with Crippen molar-refractivity contribution in [2.24, 2.45) is 5.41 Å². The van der Waals surface area contributed by atoms with Crippen molar-refractivity contribution in [2.45, 2.75) is 45.6 Å². The van der Waals surface area contributed by atoms with Gasteiger partial charge in [-0.2, -0.15) is 0 Å². The van der Waals surface area contributed by atoms with Gasteiger partial charge in [-0.15, -0.1) is 0 Å². The van der Waals surface area contributed by atoms with Gasteiger partial charge in [0.15, 0.2) is 0 Å². The molecule has 0 heterocycles. The number of carboxylic acid groups (broad SMARTS) is 1. The molecule has 0 aromatic carbocycles. The minimum atomic E-state index is -1.06. The zero-order chi connectivity index (χ0) is 12.9. The quantitative estimate of drug-likeness (QED) is 0.760. The first-order chi connectivity index (χ1) is 7.92. The lowest BCUT2D eigenvalue weighted by atomic mass is 9.73. The maximum Gasteiger partial charge on any atom is 0.329 e. The van der Waals surface area contributed by atoms with Crippen LogP contribution in [-0.4, -0.2) is 36.2 Å². The van der Waals surface area contributed by atoms with Gasteiger partial charge in [-0.25, -0.2) is 4.79 Å². The van der Waals surface area contributed by atoms with Gasteiger partial charge in [0, 0.05) is 6.04 Å². The summed E-state index contributed by atoms with van der Waals surface area (Å²) in [6.45, 7) is 3.69. The highest BCUT2D eigenvalue weighted by Crippen LogP contribution is 2.35. The average Bonchev–Trinajstić information content (AvgIpc) is 2.20. The second-order valence-electron chi connectivity index (χ2n) is 5.24. The Morgan fingerprint density at radius 3 is 2.65 bits per heavy atom. The summed E-state index contributed by atoms with van der Waals surface area (Å²) in [5, 5.41) is 11.3. The fraction of sp³-hybridized carbons (Fsp3) is 0.833. The Hall–Kier alpha value is -1.10. The standard InChI is InChI=1S/C12H21NO4/c1-12(2)6-4-3-5-9(12)13-10(14)7-17-8-11(15)16/h9H,3-8H2,1-2H3,(H,13,14)(H,15,16). The number of hydrogen-bond donors (Lipinski definition) is 2. The van der Waals surface area contributed by atoms with E-state index in [1.165, 1.54) is 6.42 Å². The number of ether oxygens (including phenoxy) is 1. The Kier molecular flexibility index (Phi) is 4.93. The molecule has 1 unspecified atom stereocenters. The van der Waals surface area contributed by atoms with Crippen molar-refractivity contribution in [2.75, 3.05) is 13.2 Å². The summed E-state index contributed by atoms with van der Waals surface area (Å²) >= 11 is 0. The first-order valence-electron chi connectivity index (χ1n) is 6.01. The second kappa shape index (κ2) is 6.00. The van der Waals surface area contributed by atoms with Crippen LogP contribution >= 0.6 is 0 Å². The fourth-order valence-electron chi connectivity index (χ4n) is 2.23. The van der Waals surface area contributed by atoms with E-state index in [0.29, 0.717) is 0 Å². The van der Waals surface area contributed by atoms with Crippen LogP contribution in [-0.2, 0) is 14.3 Å². The summed E-state index contributed by atoms with van der Waals surface area (Å²) in [4.78, 5) is 21.8. The Bertz CT molecular complexity index is 288. The van der Waals surface area contributed by atoms with Crippen molar-refractivity contribution < 1.29 is 19.4 Å². The summed E-state index contributed by atoms with van der Waals surface area (Å²) < 4.78 is 4.75. The van der Waals surface area contributed by atoms with Crippen molar-refractivity contribution in [1.82, 2.24) is 5.32 Å². The Labute approximate surface area is 102 Å². The van der Waals surface area contributed by atoms with E-state index in [-0.39, 0.29) is 24.0 Å². The fourth-order valence-corrected chi connectivity index (χ4v) is 2.23. The number of amides is 1. The normalized spacial score (nSPS) is 23.1. The molecule has 1 saturated carbocycles. The first-order valence-corrected chi connectivity index (χ1v) is 6.01. The highest BCUT2D eigenvalue weighted by atomic mass is 16.5. The molecule has 1 atom stereocenters. The van der Waals surface area contributed by atoms with Crippen LogP contribution in [0.15, 0.2) is 0 Å². The molecule has 5 nitrogen and oxygen atoms in total. The molecule has 0 saturated heterocycles. The minimum absolute atomic E-state index is 0.112. The molecule has 0 aliphatic heterocycles. The Balaban J connectivity index is 2.32. The van der Waals surface area contributed by atoms with E-state index in [2.05, 4.69) is 19.2 Å². The number of carbonyl (C=O) groups is 2. The Morgan fingerprint density at radius 1 is 1.35 bits per heavy atom. The molecule has 1 aliphatic carbocycles. The van der Waals surface area contributed by atoms with Crippen molar-refractivity contribution in [1.29, 1.82) is 0 Å². The zero-order valence-electron chi connectivity index (χ0n) is 10.5. The van der Waals surface area contributed by atoms with E-state index in [9.17, 15) is 9.59 Å². The topological polar surface area (TPSA) is 75.6 Å². The lowest BCUT2D eigenvalue weighted by Crippen LogP contribution is -2.48. The molecule has 98 valence electrons. The first kappa shape index (κ1) is 14.0. The summed E-state index contributed by atoms with van der Waals surface area (Å²) in [6.07, 6.45) is 4.42. The van der Waals surface area contributed by atoms with Crippen LogP contribution in [0.4, 0.5) is 0 Å². The molecule has 1 rings (SSSR count). The molecule has 2 N–H and O–H groups in total. The molecular formula is C12H21NO4. The van der Waals surface area contributed by atoms with Crippen molar-refractivity contribution in [3.63, 3.8) is 0 Å². The summed E-state index contributed by atoms with van der Waals surface area (Å²) in [5.41, 5.74) is 0.112. The van der Waals surface area contributed by atoms with Gasteiger partial charge in [-0.3, -0.25) is 4.79 Å². The highest BCUT2D eigenvalue weighted by molar-refractivity contribution is 5.78. The molecule has 1 fully saturated rings. The summed E-state index contributed by atoms with van der Waals surface area (Å²) in [5.74, 6) is -1.29. The number of carboxylic acids is 1. The number of carbonyl (C=O) groups excluding carboxylic acids is 1. The largest absolute Gasteiger partial charge is 0.480 e. The monoisotopic (exact) mass is 243 g/mol. The molecule has 0 aromatic rings. The van der Waals surface area contributed by atoms with Crippen LogP contribution in [0.1, 0.15) is 39.5 Å². The van der Waals surface area contributed by atoms with Crippen LogP contribution in [0.3, 0.4) is 0 Å². The number of aliphatic carboxylic acids is 1. The van der Waals surface area contributed by atoms with E-state index in [1.807, 2.05) is 0 Å². The molecule has 17 heavy (non-hydrogen) atoms. The van der Waals surface area contributed by atoms with E-state index in [0.717, 1.165) is 19.3 Å².